The number of amides is 2. The molecule has 0 rings (SSSR count). The summed E-state index contributed by atoms with van der Waals surface area (Å²) in [6, 6.07) is -1.74. The predicted molar refractivity (Wildman–Crippen MR) is 66.3 cm³/mol. The molecular weight excluding hydrogens is 244 g/mol. The molecule has 0 saturated heterocycles. The van der Waals surface area contributed by atoms with Crippen molar-refractivity contribution < 1.29 is 18.9 Å². The Morgan fingerprint density at radius 3 is 2.12 bits per heavy atom. The van der Waals surface area contributed by atoms with Crippen molar-refractivity contribution in [3.63, 3.8) is 0 Å². The summed E-state index contributed by atoms with van der Waals surface area (Å²) < 4.78 is 10.9. The summed E-state index contributed by atoms with van der Waals surface area (Å²) in [5, 5.41) is 13.8. The van der Waals surface area contributed by atoms with Crippen molar-refractivity contribution in [2.45, 2.75) is 32.9 Å². The Morgan fingerprint density at radius 1 is 1.24 bits per heavy atom. The SMILES string of the molecule is CC(CS(C)=O)NC(=O)N[C@H](C(=O)O)C(C)C. The normalized spacial score (nSPS) is 16.1. The molecule has 0 bridgehead atoms. The minimum atomic E-state index is -1.07. The first-order valence-corrected chi connectivity index (χ1v) is 7.06. The van der Waals surface area contributed by atoms with Gasteiger partial charge < -0.3 is 15.7 Å². The average Bonchev–Trinajstić information content (AvgIpc) is 2.11. The van der Waals surface area contributed by atoms with Crippen molar-refractivity contribution in [3.8, 4) is 0 Å². The van der Waals surface area contributed by atoms with Gasteiger partial charge in [0.15, 0.2) is 0 Å². The van der Waals surface area contributed by atoms with Crippen LogP contribution in [-0.2, 0) is 15.6 Å². The van der Waals surface area contributed by atoms with E-state index in [1.807, 2.05) is 0 Å². The molecule has 2 amide bonds. The predicted octanol–water partition coefficient (Wildman–Crippen LogP) is 0.162. The van der Waals surface area contributed by atoms with Crippen LogP contribution < -0.4 is 10.6 Å². The van der Waals surface area contributed by atoms with Crippen LogP contribution in [0, 0.1) is 5.92 Å². The van der Waals surface area contributed by atoms with Crippen molar-refractivity contribution >= 4 is 22.8 Å². The van der Waals surface area contributed by atoms with Crippen LogP contribution in [0.5, 0.6) is 0 Å². The Kier molecular flexibility index (Phi) is 6.79. The van der Waals surface area contributed by atoms with Gasteiger partial charge in [-0.05, 0) is 12.8 Å². The Morgan fingerprint density at radius 2 is 1.76 bits per heavy atom. The summed E-state index contributed by atoms with van der Waals surface area (Å²) in [5.41, 5.74) is 0. The average molecular weight is 264 g/mol. The van der Waals surface area contributed by atoms with Crippen LogP contribution in [-0.4, -0.2) is 45.4 Å². The van der Waals surface area contributed by atoms with E-state index in [2.05, 4.69) is 10.6 Å². The van der Waals surface area contributed by atoms with Crippen LogP contribution in [0.1, 0.15) is 20.8 Å². The maximum atomic E-state index is 11.5. The van der Waals surface area contributed by atoms with E-state index in [1.54, 1.807) is 27.0 Å². The molecule has 0 heterocycles. The first-order valence-electron chi connectivity index (χ1n) is 5.34. The fourth-order valence-electron chi connectivity index (χ4n) is 1.31. The Labute approximate surface area is 104 Å². The minimum absolute atomic E-state index is 0.200. The minimum Gasteiger partial charge on any atom is -0.480 e. The number of rotatable bonds is 6. The smallest absolute Gasteiger partial charge is 0.326 e. The van der Waals surface area contributed by atoms with E-state index in [9.17, 15) is 13.8 Å². The van der Waals surface area contributed by atoms with E-state index >= 15 is 0 Å². The Bertz CT molecular complexity index is 307. The zero-order chi connectivity index (χ0) is 13.6. The van der Waals surface area contributed by atoms with Gasteiger partial charge in [0.2, 0.25) is 0 Å². The Balaban J connectivity index is 4.24. The third-order valence-corrected chi connectivity index (χ3v) is 3.05. The highest BCUT2D eigenvalue weighted by Gasteiger charge is 2.23. The lowest BCUT2D eigenvalue weighted by atomic mass is 10.1. The second-order valence-corrected chi connectivity index (χ2v) is 5.80. The molecule has 3 atom stereocenters. The first-order chi connectivity index (χ1) is 7.73. The molecule has 6 nitrogen and oxygen atoms in total. The van der Waals surface area contributed by atoms with Gasteiger partial charge in [-0.25, -0.2) is 9.59 Å². The summed E-state index contributed by atoms with van der Waals surface area (Å²) in [4.78, 5) is 22.3. The number of carboxylic acids is 1. The van der Waals surface area contributed by atoms with Gasteiger partial charge in [0.25, 0.3) is 0 Å². The molecule has 0 spiro atoms. The highest BCUT2D eigenvalue weighted by molar-refractivity contribution is 7.84. The summed E-state index contributed by atoms with van der Waals surface area (Å²) >= 11 is 0. The summed E-state index contributed by atoms with van der Waals surface area (Å²) in [7, 11) is -1.00. The standard InChI is InChI=1S/C10H20N2O4S/c1-6(2)8(9(13)14)12-10(15)11-7(3)5-17(4)16/h6-8H,5H2,1-4H3,(H,13,14)(H2,11,12,15)/t7?,8-,17?/m0/s1. The number of carbonyl (C=O) groups is 2. The number of carboxylic acid groups (broad SMARTS) is 1. The van der Waals surface area contributed by atoms with Crippen molar-refractivity contribution in [1.29, 1.82) is 0 Å². The molecule has 3 N–H and O–H groups in total. The van der Waals surface area contributed by atoms with Crippen LogP contribution >= 0.6 is 0 Å². The third kappa shape index (κ3) is 6.93. The molecule has 0 saturated carbocycles. The van der Waals surface area contributed by atoms with Crippen LogP contribution in [0.25, 0.3) is 0 Å². The molecule has 0 aromatic heterocycles. The number of aliphatic carboxylic acids is 1. The topological polar surface area (TPSA) is 95.5 Å². The first kappa shape index (κ1) is 15.9. The number of carbonyl (C=O) groups excluding carboxylic acids is 1. The molecular formula is C10H20N2O4S. The van der Waals surface area contributed by atoms with Crippen molar-refractivity contribution in [1.82, 2.24) is 10.6 Å². The van der Waals surface area contributed by atoms with Gasteiger partial charge in [-0.2, -0.15) is 0 Å². The van der Waals surface area contributed by atoms with E-state index in [0.29, 0.717) is 5.75 Å². The lowest BCUT2D eigenvalue weighted by Gasteiger charge is -2.20. The monoisotopic (exact) mass is 264 g/mol. The number of nitrogens with one attached hydrogen (secondary N) is 2. The van der Waals surface area contributed by atoms with Gasteiger partial charge in [-0.15, -0.1) is 0 Å². The lowest BCUT2D eigenvalue weighted by molar-refractivity contribution is -0.140. The molecule has 0 aromatic rings. The van der Waals surface area contributed by atoms with Gasteiger partial charge in [0.1, 0.15) is 6.04 Å². The molecule has 0 fully saturated rings. The van der Waals surface area contributed by atoms with Crippen LogP contribution in [0.4, 0.5) is 4.79 Å². The van der Waals surface area contributed by atoms with Crippen LogP contribution in [0.15, 0.2) is 0 Å². The molecule has 17 heavy (non-hydrogen) atoms. The highest BCUT2D eigenvalue weighted by Crippen LogP contribution is 2.01. The second-order valence-electron chi connectivity index (χ2n) is 4.32. The van der Waals surface area contributed by atoms with Crippen molar-refractivity contribution in [2.75, 3.05) is 12.0 Å². The number of hydrogen-bond acceptors (Lipinski definition) is 3. The quantitative estimate of drug-likeness (QED) is 0.637. The molecule has 2 unspecified atom stereocenters. The van der Waals surface area contributed by atoms with Crippen molar-refractivity contribution in [3.05, 3.63) is 0 Å². The highest BCUT2D eigenvalue weighted by atomic mass is 32.2. The summed E-state index contributed by atoms with van der Waals surface area (Å²) in [6.07, 6.45) is 1.55. The zero-order valence-electron chi connectivity index (χ0n) is 10.5. The van der Waals surface area contributed by atoms with E-state index in [-0.39, 0.29) is 12.0 Å². The van der Waals surface area contributed by atoms with Gasteiger partial charge in [0.05, 0.1) is 0 Å². The molecule has 0 radical (unpaired) electrons. The maximum Gasteiger partial charge on any atom is 0.326 e. The summed E-state index contributed by atoms with van der Waals surface area (Å²) in [5.74, 6) is -0.928. The number of hydrogen-bond donors (Lipinski definition) is 3. The molecule has 0 aromatic carbocycles. The van der Waals surface area contributed by atoms with Gasteiger partial charge in [-0.1, -0.05) is 13.8 Å². The zero-order valence-corrected chi connectivity index (χ0v) is 11.3. The molecule has 0 aliphatic carbocycles. The fraction of sp³-hybridized carbons (Fsp3) is 0.800. The largest absolute Gasteiger partial charge is 0.480 e. The van der Waals surface area contributed by atoms with E-state index in [1.165, 1.54) is 0 Å². The van der Waals surface area contributed by atoms with Gasteiger partial charge in [0, 0.05) is 28.9 Å². The molecule has 100 valence electrons. The third-order valence-electron chi connectivity index (χ3n) is 2.08. The maximum absolute atomic E-state index is 11.5. The number of urea groups is 1. The van der Waals surface area contributed by atoms with Gasteiger partial charge in [-0.3, -0.25) is 4.21 Å². The second kappa shape index (κ2) is 7.26. The Hall–Kier alpha value is -1.11. The molecule has 0 aliphatic heterocycles. The van der Waals surface area contributed by atoms with Gasteiger partial charge >= 0.3 is 12.0 Å². The van der Waals surface area contributed by atoms with E-state index in [4.69, 9.17) is 5.11 Å². The van der Waals surface area contributed by atoms with Crippen molar-refractivity contribution in [2.24, 2.45) is 5.92 Å². The lowest BCUT2D eigenvalue weighted by Crippen LogP contribution is -2.51. The molecule has 0 aliphatic rings. The van der Waals surface area contributed by atoms with Crippen LogP contribution in [0.3, 0.4) is 0 Å². The van der Waals surface area contributed by atoms with Crippen LogP contribution in [0.2, 0.25) is 0 Å². The summed E-state index contributed by atoms with van der Waals surface area (Å²) in [6.45, 7) is 5.14. The van der Waals surface area contributed by atoms with E-state index in [0.717, 1.165) is 0 Å². The van der Waals surface area contributed by atoms with E-state index < -0.39 is 28.8 Å². The fourth-order valence-corrected chi connectivity index (χ4v) is 2.10. The molecule has 7 heteroatoms.